The summed E-state index contributed by atoms with van der Waals surface area (Å²) in [5, 5.41) is 9.54. The fourth-order valence-electron chi connectivity index (χ4n) is 2.26. The highest BCUT2D eigenvalue weighted by Gasteiger charge is 2.35. The molecule has 1 aromatic carbocycles. The summed E-state index contributed by atoms with van der Waals surface area (Å²) in [5.41, 5.74) is 6.02. The number of nitrogen functional groups attached to an aromatic ring is 1. The Kier molecular flexibility index (Phi) is 4.20. The van der Waals surface area contributed by atoms with Crippen LogP contribution >= 0.6 is 15.9 Å². The van der Waals surface area contributed by atoms with Crippen LogP contribution in [0.4, 0.5) is 5.69 Å². The van der Waals surface area contributed by atoms with Crippen LogP contribution in [0.2, 0.25) is 0 Å². The molecule has 3 N–H and O–H groups in total. The number of aliphatic hydroxyl groups excluding tert-OH is 1. The molecule has 1 fully saturated rings. The van der Waals surface area contributed by atoms with Gasteiger partial charge in [0.25, 0.3) is 0 Å². The van der Waals surface area contributed by atoms with E-state index in [1.54, 1.807) is 19.1 Å². The van der Waals surface area contributed by atoms with Crippen molar-refractivity contribution in [2.24, 2.45) is 5.92 Å². The third-order valence-corrected chi connectivity index (χ3v) is 5.89. The van der Waals surface area contributed by atoms with Crippen molar-refractivity contribution < 1.29 is 13.5 Å². The van der Waals surface area contributed by atoms with Gasteiger partial charge in [0.1, 0.15) is 4.90 Å². The zero-order valence-electron chi connectivity index (χ0n) is 10.6. The van der Waals surface area contributed by atoms with Gasteiger partial charge in [0.05, 0.1) is 11.8 Å². The van der Waals surface area contributed by atoms with E-state index in [-0.39, 0.29) is 16.5 Å². The number of rotatable bonds is 3. The molecule has 5 nitrogen and oxygen atoms in total. The molecule has 0 amide bonds. The molecule has 7 heteroatoms. The first-order valence-electron chi connectivity index (χ1n) is 6.05. The molecule has 1 heterocycles. The third-order valence-electron chi connectivity index (χ3n) is 3.46. The summed E-state index contributed by atoms with van der Waals surface area (Å²) in [5.74, 6) is -0.00792. The number of anilines is 1. The Labute approximate surface area is 121 Å². The average molecular weight is 349 g/mol. The van der Waals surface area contributed by atoms with E-state index in [4.69, 9.17) is 5.73 Å². The summed E-state index contributed by atoms with van der Waals surface area (Å²) in [6.07, 6.45) is 0.176. The molecule has 19 heavy (non-hydrogen) atoms. The zero-order valence-corrected chi connectivity index (χ0v) is 13.0. The van der Waals surface area contributed by atoms with E-state index in [9.17, 15) is 13.5 Å². The van der Waals surface area contributed by atoms with Crippen molar-refractivity contribution in [2.75, 3.05) is 18.8 Å². The molecule has 1 aliphatic rings. The van der Waals surface area contributed by atoms with Gasteiger partial charge >= 0.3 is 0 Å². The van der Waals surface area contributed by atoms with Crippen LogP contribution in [-0.4, -0.2) is 37.0 Å². The predicted molar refractivity (Wildman–Crippen MR) is 77.1 cm³/mol. The highest BCUT2D eigenvalue weighted by atomic mass is 79.9. The molecular weight excluding hydrogens is 332 g/mol. The van der Waals surface area contributed by atoms with Crippen LogP contribution in [0.1, 0.15) is 13.3 Å². The molecule has 0 bridgehead atoms. The van der Waals surface area contributed by atoms with E-state index < -0.39 is 16.1 Å². The minimum atomic E-state index is -3.58. The van der Waals surface area contributed by atoms with E-state index in [0.717, 1.165) is 4.47 Å². The molecule has 0 aromatic heterocycles. The van der Waals surface area contributed by atoms with E-state index in [2.05, 4.69) is 15.9 Å². The molecule has 2 rings (SSSR count). The quantitative estimate of drug-likeness (QED) is 0.809. The zero-order chi connectivity index (χ0) is 14.2. The largest absolute Gasteiger partial charge is 0.398 e. The number of hydrogen-bond donors (Lipinski definition) is 2. The number of nitrogens with two attached hydrogens (primary N) is 1. The van der Waals surface area contributed by atoms with E-state index >= 15 is 0 Å². The molecule has 1 aromatic rings. The van der Waals surface area contributed by atoms with Crippen molar-refractivity contribution >= 4 is 31.6 Å². The lowest BCUT2D eigenvalue weighted by atomic mass is 10.0. The van der Waals surface area contributed by atoms with E-state index in [0.29, 0.717) is 19.5 Å². The third kappa shape index (κ3) is 2.94. The summed E-state index contributed by atoms with van der Waals surface area (Å²) in [6, 6.07) is 4.74. The molecule has 1 saturated heterocycles. The Hall–Kier alpha value is -0.630. The SMILES string of the molecule is CC(O)C1CCN(S(=O)(=O)c2ccc(Br)cc2N)C1. The van der Waals surface area contributed by atoms with Crippen LogP contribution in [-0.2, 0) is 10.0 Å². The van der Waals surface area contributed by atoms with Crippen molar-refractivity contribution in [3.8, 4) is 0 Å². The first-order valence-corrected chi connectivity index (χ1v) is 8.29. The van der Waals surface area contributed by atoms with Gasteiger partial charge in [-0.25, -0.2) is 8.42 Å². The van der Waals surface area contributed by atoms with Crippen LogP contribution < -0.4 is 5.73 Å². The van der Waals surface area contributed by atoms with Crippen molar-refractivity contribution in [3.05, 3.63) is 22.7 Å². The van der Waals surface area contributed by atoms with Crippen molar-refractivity contribution in [3.63, 3.8) is 0 Å². The monoisotopic (exact) mass is 348 g/mol. The van der Waals surface area contributed by atoms with Crippen molar-refractivity contribution in [1.82, 2.24) is 4.31 Å². The Morgan fingerprint density at radius 2 is 2.21 bits per heavy atom. The highest BCUT2D eigenvalue weighted by Crippen LogP contribution is 2.30. The second-order valence-electron chi connectivity index (χ2n) is 4.83. The van der Waals surface area contributed by atoms with Gasteiger partial charge < -0.3 is 10.8 Å². The van der Waals surface area contributed by atoms with Crippen LogP contribution in [0.5, 0.6) is 0 Å². The molecule has 0 aliphatic carbocycles. The molecule has 106 valence electrons. The Bertz CT molecular complexity index is 574. The van der Waals surface area contributed by atoms with Crippen LogP contribution in [0.15, 0.2) is 27.6 Å². The van der Waals surface area contributed by atoms with Crippen molar-refractivity contribution in [2.45, 2.75) is 24.3 Å². The predicted octanol–water partition coefficient (Wildman–Crippen LogP) is 1.42. The van der Waals surface area contributed by atoms with Crippen LogP contribution in [0, 0.1) is 5.92 Å². The van der Waals surface area contributed by atoms with Gasteiger partial charge in [-0.3, -0.25) is 0 Å². The smallest absolute Gasteiger partial charge is 0.245 e. The lowest BCUT2D eigenvalue weighted by Gasteiger charge is -2.18. The van der Waals surface area contributed by atoms with E-state index in [1.807, 2.05) is 0 Å². The summed E-state index contributed by atoms with van der Waals surface area (Å²) >= 11 is 3.25. The second kappa shape index (κ2) is 5.40. The van der Waals surface area contributed by atoms with Crippen molar-refractivity contribution in [1.29, 1.82) is 0 Å². The van der Waals surface area contributed by atoms with Crippen LogP contribution in [0.25, 0.3) is 0 Å². The fraction of sp³-hybridized carbons (Fsp3) is 0.500. The van der Waals surface area contributed by atoms with E-state index in [1.165, 1.54) is 10.4 Å². The second-order valence-corrected chi connectivity index (χ2v) is 7.66. The number of hydrogen-bond acceptors (Lipinski definition) is 4. The molecule has 0 saturated carbocycles. The molecule has 0 radical (unpaired) electrons. The minimum Gasteiger partial charge on any atom is -0.398 e. The maximum atomic E-state index is 12.5. The van der Waals surface area contributed by atoms with Gasteiger partial charge in [-0.1, -0.05) is 15.9 Å². The number of halogens is 1. The minimum absolute atomic E-state index is 0.00792. The van der Waals surface area contributed by atoms with Gasteiger partial charge in [0, 0.05) is 17.6 Å². The lowest BCUT2D eigenvalue weighted by molar-refractivity contribution is 0.133. The van der Waals surface area contributed by atoms with Gasteiger partial charge in [-0.2, -0.15) is 4.31 Å². The molecule has 0 spiro atoms. The summed E-state index contributed by atoms with van der Waals surface area (Å²) in [7, 11) is -3.58. The molecular formula is C12H17BrN2O3S. The van der Waals surface area contributed by atoms with Gasteiger partial charge in [0.2, 0.25) is 10.0 Å². The van der Waals surface area contributed by atoms with Gasteiger partial charge in [0.15, 0.2) is 0 Å². The molecule has 2 unspecified atom stereocenters. The maximum absolute atomic E-state index is 12.5. The van der Waals surface area contributed by atoms with Crippen LogP contribution in [0.3, 0.4) is 0 Å². The Morgan fingerprint density at radius 3 is 2.74 bits per heavy atom. The van der Waals surface area contributed by atoms with Gasteiger partial charge in [-0.15, -0.1) is 0 Å². The number of aliphatic hydroxyl groups is 1. The Balaban J connectivity index is 2.29. The molecule has 2 atom stereocenters. The summed E-state index contributed by atoms with van der Waals surface area (Å²) in [4.78, 5) is 0.127. The first kappa shape index (κ1) is 14.8. The lowest BCUT2D eigenvalue weighted by Crippen LogP contribution is -2.31. The summed E-state index contributed by atoms with van der Waals surface area (Å²) < 4.78 is 27.1. The normalized spacial score (nSPS) is 22.6. The number of nitrogens with zero attached hydrogens (tertiary/aromatic N) is 1. The average Bonchev–Trinajstić information content (AvgIpc) is 2.78. The maximum Gasteiger partial charge on any atom is 0.245 e. The highest BCUT2D eigenvalue weighted by molar-refractivity contribution is 9.10. The first-order chi connectivity index (χ1) is 8.82. The van der Waals surface area contributed by atoms with Gasteiger partial charge in [-0.05, 0) is 37.5 Å². The number of benzene rings is 1. The molecule has 1 aliphatic heterocycles. The summed E-state index contributed by atoms with van der Waals surface area (Å²) in [6.45, 7) is 2.46. The topological polar surface area (TPSA) is 83.6 Å². The number of sulfonamides is 1. The Morgan fingerprint density at radius 1 is 1.53 bits per heavy atom. The standard InChI is InChI=1S/C12H17BrN2O3S/c1-8(16)9-4-5-15(7-9)19(17,18)12-3-2-10(13)6-11(12)14/h2-3,6,8-9,16H,4-5,7,14H2,1H3. The fourth-order valence-corrected chi connectivity index (χ4v) is 4.25.